The number of hydrogen-bond acceptors (Lipinski definition) is 5. The summed E-state index contributed by atoms with van der Waals surface area (Å²) in [5.41, 5.74) is 0.836. The van der Waals surface area contributed by atoms with Crippen LogP contribution in [0.3, 0.4) is 0 Å². The van der Waals surface area contributed by atoms with Gasteiger partial charge in [0.25, 0.3) is 0 Å². The van der Waals surface area contributed by atoms with E-state index in [9.17, 15) is 9.59 Å². The van der Waals surface area contributed by atoms with Gasteiger partial charge < -0.3 is 20.1 Å². The normalized spacial score (nSPS) is 17.2. The first-order valence-electron chi connectivity index (χ1n) is 8.39. The lowest BCUT2D eigenvalue weighted by Crippen LogP contribution is -2.60. The van der Waals surface area contributed by atoms with Crippen LogP contribution in [0.2, 0.25) is 0 Å². The molecule has 8 heteroatoms. The van der Waals surface area contributed by atoms with Gasteiger partial charge in [-0.05, 0) is 6.42 Å². The molecule has 132 valence electrons. The van der Waals surface area contributed by atoms with E-state index in [-0.39, 0.29) is 18.4 Å². The van der Waals surface area contributed by atoms with E-state index in [1.807, 2.05) is 37.3 Å². The molecule has 0 bridgehead atoms. The molecule has 1 fully saturated rings. The first kappa shape index (κ1) is 16.9. The van der Waals surface area contributed by atoms with E-state index >= 15 is 0 Å². The van der Waals surface area contributed by atoms with Crippen molar-refractivity contribution < 1.29 is 14.1 Å². The number of carbonyl (C=O) groups is 2. The molecule has 0 aliphatic carbocycles. The van der Waals surface area contributed by atoms with Crippen LogP contribution < -0.4 is 10.6 Å². The van der Waals surface area contributed by atoms with E-state index in [1.165, 1.54) is 4.90 Å². The number of benzene rings is 1. The van der Waals surface area contributed by atoms with Crippen molar-refractivity contribution in [1.29, 1.82) is 0 Å². The first-order chi connectivity index (χ1) is 12.2. The quantitative estimate of drug-likeness (QED) is 0.850. The summed E-state index contributed by atoms with van der Waals surface area (Å²) in [6.07, 6.45) is 1.02. The number of hydrogen-bond donors (Lipinski definition) is 2. The van der Waals surface area contributed by atoms with Crippen LogP contribution in [0.25, 0.3) is 11.4 Å². The Labute approximate surface area is 145 Å². The van der Waals surface area contributed by atoms with E-state index < -0.39 is 6.04 Å². The molecule has 0 spiro atoms. The predicted molar refractivity (Wildman–Crippen MR) is 90.6 cm³/mol. The minimum absolute atomic E-state index is 0.186. The van der Waals surface area contributed by atoms with Gasteiger partial charge in [0, 0.05) is 25.2 Å². The molecule has 2 aromatic rings. The molecule has 2 N–H and O–H groups in total. The largest absolute Gasteiger partial charge is 0.353 e. The van der Waals surface area contributed by atoms with Crippen molar-refractivity contribution in [3.63, 3.8) is 0 Å². The molecule has 3 amide bonds. The van der Waals surface area contributed by atoms with Crippen molar-refractivity contribution in [2.45, 2.75) is 25.8 Å². The monoisotopic (exact) mass is 343 g/mol. The molecule has 3 rings (SSSR count). The van der Waals surface area contributed by atoms with Crippen molar-refractivity contribution in [2.24, 2.45) is 0 Å². The van der Waals surface area contributed by atoms with Crippen molar-refractivity contribution in [1.82, 2.24) is 25.7 Å². The Hall–Kier alpha value is -2.90. The van der Waals surface area contributed by atoms with Crippen LogP contribution in [0.15, 0.2) is 34.9 Å². The van der Waals surface area contributed by atoms with Crippen LogP contribution in [-0.2, 0) is 11.2 Å². The van der Waals surface area contributed by atoms with Gasteiger partial charge in [0.2, 0.25) is 17.6 Å². The topological polar surface area (TPSA) is 100 Å². The lowest BCUT2D eigenvalue weighted by atomic mass is 10.1. The highest BCUT2D eigenvalue weighted by Gasteiger charge is 2.34. The number of amides is 3. The van der Waals surface area contributed by atoms with Gasteiger partial charge in [0.05, 0.1) is 6.42 Å². The molecule has 25 heavy (non-hydrogen) atoms. The van der Waals surface area contributed by atoms with Crippen LogP contribution in [0.1, 0.15) is 19.2 Å². The Balaban J connectivity index is 1.73. The second-order valence-electron chi connectivity index (χ2n) is 5.81. The minimum atomic E-state index is -0.658. The van der Waals surface area contributed by atoms with Crippen LogP contribution in [0.5, 0.6) is 0 Å². The Bertz CT molecular complexity index is 731. The summed E-state index contributed by atoms with van der Waals surface area (Å²) in [5.74, 6) is 0.584. The average molecular weight is 343 g/mol. The number of rotatable bonds is 5. The lowest BCUT2D eigenvalue weighted by molar-refractivity contribution is -0.127. The van der Waals surface area contributed by atoms with Gasteiger partial charge in [-0.15, -0.1) is 0 Å². The number of urea groups is 1. The van der Waals surface area contributed by atoms with Crippen molar-refractivity contribution >= 4 is 11.9 Å². The average Bonchev–Trinajstić information content (AvgIpc) is 3.11. The Kier molecular flexibility index (Phi) is 5.27. The molecule has 1 saturated heterocycles. The molecule has 2 heterocycles. The van der Waals surface area contributed by atoms with E-state index in [0.717, 1.165) is 12.0 Å². The second kappa shape index (κ2) is 7.78. The standard InChI is InChI=1S/C17H21N5O3/c1-2-8-19-17(24)22-10-9-18-16(23)13(22)11-14-20-15(21-25-14)12-6-4-3-5-7-12/h3-7,13H,2,8-11H2,1H3,(H,18,23)(H,19,24). The highest BCUT2D eigenvalue weighted by Crippen LogP contribution is 2.17. The number of nitrogens with one attached hydrogen (secondary N) is 2. The zero-order valence-corrected chi connectivity index (χ0v) is 14.1. The van der Waals surface area contributed by atoms with Gasteiger partial charge in [-0.3, -0.25) is 4.79 Å². The molecule has 0 saturated carbocycles. The number of carbonyl (C=O) groups excluding carboxylic acids is 2. The molecular weight excluding hydrogens is 322 g/mol. The van der Waals surface area contributed by atoms with E-state index in [4.69, 9.17) is 4.52 Å². The van der Waals surface area contributed by atoms with Crippen LogP contribution in [0, 0.1) is 0 Å². The summed E-state index contributed by atoms with van der Waals surface area (Å²) < 4.78 is 5.28. The third kappa shape index (κ3) is 3.96. The summed E-state index contributed by atoms with van der Waals surface area (Å²) in [7, 11) is 0. The highest BCUT2D eigenvalue weighted by molar-refractivity contribution is 5.88. The minimum Gasteiger partial charge on any atom is -0.353 e. The molecule has 0 radical (unpaired) electrons. The fraction of sp³-hybridized carbons (Fsp3) is 0.412. The zero-order chi connectivity index (χ0) is 17.6. The lowest BCUT2D eigenvalue weighted by Gasteiger charge is -2.34. The smallest absolute Gasteiger partial charge is 0.318 e. The van der Waals surface area contributed by atoms with E-state index in [0.29, 0.717) is 31.3 Å². The molecule has 8 nitrogen and oxygen atoms in total. The molecule has 1 aliphatic heterocycles. The number of piperazine rings is 1. The summed E-state index contributed by atoms with van der Waals surface area (Å²) in [5, 5.41) is 9.55. The third-order valence-corrected chi connectivity index (χ3v) is 3.99. The molecule has 1 aromatic heterocycles. The molecule has 1 aliphatic rings. The Morgan fingerprint density at radius 3 is 2.96 bits per heavy atom. The van der Waals surface area contributed by atoms with Gasteiger partial charge in [-0.2, -0.15) is 4.98 Å². The van der Waals surface area contributed by atoms with Crippen molar-refractivity contribution in [3.05, 3.63) is 36.2 Å². The van der Waals surface area contributed by atoms with Gasteiger partial charge >= 0.3 is 6.03 Å². The van der Waals surface area contributed by atoms with Gasteiger partial charge in [-0.25, -0.2) is 4.79 Å². The fourth-order valence-electron chi connectivity index (χ4n) is 2.70. The Morgan fingerprint density at radius 2 is 2.20 bits per heavy atom. The zero-order valence-electron chi connectivity index (χ0n) is 14.1. The Morgan fingerprint density at radius 1 is 1.40 bits per heavy atom. The van der Waals surface area contributed by atoms with E-state index in [1.54, 1.807) is 0 Å². The fourth-order valence-corrected chi connectivity index (χ4v) is 2.70. The van der Waals surface area contributed by atoms with Crippen LogP contribution >= 0.6 is 0 Å². The van der Waals surface area contributed by atoms with Gasteiger partial charge in [-0.1, -0.05) is 42.4 Å². The van der Waals surface area contributed by atoms with Crippen LogP contribution in [-0.4, -0.2) is 52.7 Å². The predicted octanol–water partition coefficient (Wildman–Crippen LogP) is 1.20. The maximum atomic E-state index is 12.3. The molecule has 1 unspecified atom stereocenters. The summed E-state index contributed by atoms with van der Waals surface area (Å²) in [6.45, 7) is 3.44. The van der Waals surface area contributed by atoms with Gasteiger partial charge in [0.1, 0.15) is 6.04 Å². The summed E-state index contributed by atoms with van der Waals surface area (Å²) in [6, 6.07) is 8.54. The SMILES string of the molecule is CCCNC(=O)N1CCNC(=O)C1Cc1nc(-c2ccccc2)no1. The maximum Gasteiger partial charge on any atom is 0.318 e. The van der Waals surface area contributed by atoms with Crippen molar-refractivity contribution in [3.8, 4) is 11.4 Å². The van der Waals surface area contributed by atoms with Gasteiger partial charge in [0.15, 0.2) is 0 Å². The third-order valence-electron chi connectivity index (χ3n) is 3.99. The van der Waals surface area contributed by atoms with E-state index in [2.05, 4.69) is 20.8 Å². The molecular formula is C17H21N5O3. The van der Waals surface area contributed by atoms with Crippen LogP contribution in [0.4, 0.5) is 4.79 Å². The molecule has 1 atom stereocenters. The summed E-state index contributed by atoms with van der Waals surface area (Å²) >= 11 is 0. The number of aromatic nitrogens is 2. The highest BCUT2D eigenvalue weighted by atomic mass is 16.5. The summed E-state index contributed by atoms with van der Waals surface area (Å²) in [4.78, 5) is 30.4. The maximum absolute atomic E-state index is 12.3. The molecule has 1 aromatic carbocycles. The first-order valence-corrected chi connectivity index (χ1v) is 8.39. The number of nitrogens with zero attached hydrogens (tertiary/aromatic N) is 3. The van der Waals surface area contributed by atoms with Crippen molar-refractivity contribution in [2.75, 3.05) is 19.6 Å². The second-order valence-corrected chi connectivity index (χ2v) is 5.81.